The van der Waals surface area contributed by atoms with E-state index in [1.807, 2.05) is 48.5 Å². The zero-order valence-electron chi connectivity index (χ0n) is 22.9. The first kappa shape index (κ1) is 27.6. The quantitative estimate of drug-likeness (QED) is 0.229. The molecule has 1 heterocycles. The van der Waals surface area contributed by atoms with Crippen molar-refractivity contribution in [2.45, 2.75) is 18.0 Å². The van der Waals surface area contributed by atoms with Crippen LogP contribution in [-0.2, 0) is 25.3 Å². The van der Waals surface area contributed by atoms with E-state index in [0.29, 0.717) is 5.69 Å². The number of carbonyl (C=O) groups excluding carboxylic acids is 4. The standard InChI is InChI=1S/C34H23F3N2O5/c35-34(36,37)24-11-5-6-12-25(24)38-26(40)17-44-33(43)18-13-15-19(16-14-18)39-31(41)29-27-20-7-1-2-8-21(20)28(30(29)32(39)42)23-10-4-3-9-22(23)27/h1-16,27-30H,17H2,(H,38,40)/t27?,28?,29-,30-/m0/s1. The zero-order valence-corrected chi connectivity index (χ0v) is 22.9. The number of halogens is 3. The van der Waals surface area contributed by atoms with E-state index in [-0.39, 0.29) is 29.2 Å². The second-order valence-electron chi connectivity index (χ2n) is 11.0. The minimum atomic E-state index is -4.67. The molecule has 0 saturated carbocycles. The summed E-state index contributed by atoms with van der Waals surface area (Å²) in [6, 6.07) is 26.0. The summed E-state index contributed by atoms with van der Waals surface area (Å²) >= 11 is 0. The highest BCUT2D eigenvalue weighted by Gasteiger charge is 2.61. The van der Waals surface area contributed by atoms with Gasteiger partial charge in [0, 0.05) is 11.8 Å². The highest BCUT2D eigenvalue weighted by molar-refractivity contribution is 6.23. The number of benzene rings is 4. The molecule has 0 spiro atoms. The first-order valence-electron chi connectivity index (χ1n) is 13.9. The van der Waals surface area contributed by atoms with Crippen molar-refractivity contribution in [2.24, 2.45) is 11.8 Å². The lowest BCUT2D eigenvalue weighted by atomic mass is 9.55. The molecule has 8 rings (SSSR count). The fraction of sp³-hybridized carbons (Fsp3) is 0.176. The van der Waals surface area contributed by atoms with Gasteiger partial charge in [-0.1, -0.05) is 60.7 Å². The smallest absolute Gasteiger partial charge is 0.418 e. The molecule has 4 aliphatic rings. The normalized spacial score (nSPS) is 21.4. The Morgan fingerprint density at radius 3 is 1.68 bits per heavy atom. The summed E-state index contributed by atoms with van der Waals surface area (Å²) in [7, 11) is 0. The van der Waals surface area contributed by atoms with Crippen molar-refractivity contribution in [1.82, 2.24) is 0 Å². The lowest BCUT2D eigenvalue weighted by molar-refractivity contribution is -0.137. The first-order valence-corrected chi connectivity index (χ1v) is 13.9. The molecule has 1 aliphatic heterocycles. The monoisotopic (exact) mass is 596 g/mol. The van der Waals surface area contributed by atoms with Crippen LogP contribution in [0.5, 0.6) is 0 Å². The first-order chi connectivity index (χ1) is 21.1. The molecule has 4 aromatic rings. The summed E-state index contributed by atoms with van der Waals surface area (Å²) in [5, 5.41) is 2.11. The number of anilines is 2. The number of hydrogen-bond donors (Lipinski definition) is 1. The number of amides is 3. The Morgan fingerprint density at radius 2 is 1.18 bits per heavy atom. The number of nitrogens with zero attached hydrogens (tertiary/aromatic N) is 1. The van der Waals surface area contributed by atoms with Crippen molar-refractivity contribution in [2.75, 3.05) is 16.8 Å². The molecule has 1 saturated heterocycles. The summed E-state index contributed by atoms with van der Waals surface area (Å²) < 4.78 is 44.6. The van der Waals surface area contributed by atoms with E-state index in [2.05, 4.69) is 5.32 Å². The summed E-state index contributed by atoms with van der Waals surface area (Å²) in [6.07, 6.45) is -4.67. The Kier molecular flexibility index (Phi) is 6.38. The van der Waals surface area contributed by atoms with Gasteiger partial charge >= 0.3 is 12.1 Å². The van der Waals surface area contributed by atoms with Gasteiger partial charge in [0.2, 0.25) is 11.8 Å². The lowest BCUT2D eigenvalue weighted by Gasteiger charge is -2.45. The number of para-hydroxylation sites is 1. The van der Waals surface area contributed by atoms with Crippen LogP contribution in [0.3, 0.4) is 0 Å². The molecule has 4 aromatic carbocycles. The van der Waals surface area contributed by atoms with E-state index in [4.69, 9.17) is 4.74 Å². The van der Waals surface area contributed by atoms with Crippen LogP contribution < -0.4 is 10.2 Å². The van der Waals surface area contributed by atoms with Crippen molar-refractivity contribution in [1.29, 1.82) is 0 Å². The molecule has 10 heteroatoms. The van der Waals surface area contributed by atoms with Crippen molar-refractivity contribution in [3.63, 3.8) is 0 Å². The van der Waals surface area contributed by atoms with Gasteiger partial charge in [-0.05, 0) is 58.7 Å². The van der Waals surface area contributed by atoms with Crippen molar-refractivity contribution >= 4 is 35.1 Å². The average molecular weight is 597 g/mol. The maximum absolute atomic E-state index is 13.9. The van der Waals surface area contributed by atoms with Crippen LogP contribution >= 0.6 is 0 Å². The van der Waals surface area contributed by atoms with Crippen LogP contribution in [0.4, 0.5) is 24.5 Å². The molecule has 2 atom stereocenters. The van der Waals surface area contributed by atoms with Crippen molar-refractivity contribution in [3.8, 4) is 0 Å². The number of imide groups is 1. The molecule has 0 radical (unpaired) electrons. The van der Waals surface area contributed by atoms with Gasteiger partial charge in [-0.3, -0.25) is 14.4 Å². The van der Waals surface area contributed by atoms with E-state index in [9.17, 15) is 32.3 Å². The maximum atomic E-state index is 13.9. The number of esters is 1. The summed E-state index contributed by atoms with van der Waals surface area (Å²) in [4.78, 5) is 53.8. The van der Waals surface area contributed by atoms with Crippen LogP contribution in [0.2, 0.25) is 0 Å². The van der Waals surface area contributed by atoms with Crippen LogP contribution in [0, 0.1) is 11.8 Å². The van der Waals surface area contributed by atoms with E-state index in [1.165, 1.54) is 41.3 Å². The van der Waals surface area contributed by atoms with Crippen molar-refractivity contribution in [3.05, 3.63) is 130 Å². The summed E-state index contributed by atoms with van der Waals surface area (Å²) in [5.41, 5.74) is 3.10. The van der Waals surface area contributed by atoms with E-state index in [1.54, 1.807) is 0 Å². The molecule has 0 aromatic heterocycles. The molecule has 3 aliphatic carbocycles. The van der Waals surface area contributed by atoms with Gasteiger partial charge < -0.3 is 10.1 Å². The molecule has 2 bridgehead atoms. The number of nitrogens with one attached hydrogen (secondary N) is 1. The van der Waals surface area contributed by atoms with Crippen LogP contribution in [0.15, 0.2) is 97.1 Å². The molecule has 0 unspecified atom stereocenters. The maximum Gasteiger partial charge on any atom is 0.418 e. The SMILES string of the molecule is O=C(COC(=O)c1ccc(N2C(=O)[C@H]3C4c5ccccc5C(c5ccccc54)[C@@H]3C2=O)cc1)Nc1ccccc1C(F)(F)F. The molecule has 7 nitrogen and oxygen atoms in total. The molecule has 3 amide bonds. The number of carbonyl (C=O) groups is 4. The molecule has 44 heavy (non-hydrogen) atoms. The molecule has 220 valence electrons. The zero-order chi connectivity index (χ0) is 30.7. The predicted molar refractivity (Wildman–Crippen MR) is 153 cm³/mol. The minimum Gasteiger partial charge on any atom is -0.452 e. The fourth-order valence-corrected chi connectivity index (χ4v) is 6.92. The van der Waals surface area contributed by atoms with E-state index < -0.39 is 47.7 Å². The average Bonchev–Trinajstić information content (AvgIpc) is 3.29. The van der Waals surface area contributed by atoms with Crippen LogP contribution in [-0.4, -0.2) is 30.3 Å². The van der Waals surface area contributed by atoms with Crippen molar-refractivity contribution < 1.29 is 37.1 Å². The number of hydrogen-bond acceptors (Lipinski definition) is 5. The Morgan fingerprint density at radius 1 is 0.705 bits per heavy atom. The van der Waals surface area contributed by atoms with Crippen LogP contribution in [0.25, 0.3) is 0 Å². The lowest BCUT2D eigenvalue weighted by Crippen LogP contribution is -2.41. The second-order valence-corrected chi connectivity index (χ2v) is 11.0. The van der Waals surface area contributed by atoms with Gasteiger partial charge in [-0.2, -0.15) is 13.2 Å². The predicted octanol–water partition coefficient (Wildman–Crippen LogP) is 5.90. The number of alkyl halides is 3. The third-order valence-corrected chi connectivity index (χ3v) is 8.65. The topological polar surface area (TPSA) is 92.8 Å². The molecule has 1 fully saturated rings. The highest BCUT2D eigenvalue weighted by atomic mass is 19.4. The summed E-state index contributed by atoms with van der Waals surface area (Å²) in [6.45, 7) is -0.816. The number of ether oxygens (including phenoxy) is 1. The van der Waals surface area contributed by atoms with E-state index in [0.717, 1.165) is 34.4 Å². The van der Waals surface area contributed by atoms with Gasteiger partial charge in [-0.25, -0.2) is 9.69 Å². The Hall–Kier alpha value is -5.25. The Bertz CT molecular complexity index is 1740. The molecular formula is C34H23F3N2O5. The number of rotatable bonds is 5. The molecular weight excluding hydrogens is 573 g/mol. The second kappa shape index (κ2) is 10.2. The van der Waals surface area contributed by atoms with Crippen LogP contribution in [0.1, 0.15) is 50.0 Å². The van der Waals surface area contributed by atoms with Gasteiger partial charge in [0.25, 0.3) is 5.91 Å². The Balaban J connectivity index is 1.07. The minimum absolute atomic E-state index is 0.0358. The molecule has 1 N–H and O–H groups in total. The summed E-state index contributed by atoms with van der Waals surface area (Å²) in [5.74, 6) is -4.04. The van der Waals surface area contributed by atoms with Gasteiger partial charge in [0.15, 0.2) is 6.61 Å². The third-order valence-electron chi connectivity index (χ3n) is 8.65. The largest absolute Gasteiger partial charge is 0.452 e. The van der Waals surface area contributed by atoms with Gasteiger partial charge in [-0.15, -0.1) is 0 Å². The Labute approximate surface area is 249 Å². The highest BCUT2D eigenvalue weighted by Crippen LogP contribution is 2.61. The fourth-order valence-electron chi connectivity index (χ4n) is 6.92. The van der Waals surface area contributed by atoms with Gasteiger partial charge in [0.1, 0.15) is 0 Å². The van der Waals surface area contributed by atoms with Gasteiger partial charge in [0.05, 0.1) is 34.3 Å². The third kappa shape index (κ3) is 4.28. The van der Waals surface area contributed by atoms with E-state index >= 15 is 0 Å².